The van der Waals surface area contributed by atoms with Crippen LogP contribution in [0, 0.1) is 15.9 Å². The number of nitrogens with one attached hydrogen (secondary N) is 1. The Morgan fingerprint density at radius 1 is 1.42 bits per heavy atom. The molecule has 1 unspecified atom stereocenters. The van der Waals surface area contributed by atoms with E-state index >= 15 is 0 Å². The Balaban J connectivity index is 2.28. The van der Waals surface area contributed by atoms with Gasteiger partial charge in [0.15, 0.2) is 0 Å². The third-order valence-corrected chi connectivity index (χ3v) is 2.55. The predicted octanol–water partition coefficient (Wildman–Crippen LogP) is 2.70. The van der Waals surface area contributed by atoms with Gasteiger partial charge in [-0.05, 0) is 13.0 Å². The summed E-state index contributed by atoms with van der Waals surface area (Å²) in [5.74, 6) is -0.542. The van der Waals surface area contributed by atoms with E-state index in [-0.39, 0.29) is 17.4 Å². The van der Waals surface area contributed by atoms with Crippen molar-refractivity contribution in [1.29, 1.82) is 0 Å². The maximum Gasteiger partial charge on any atom is 0.292 e. The predicted molar refractivity (Wildman–Crippen MR) is 67.1 cm³/mol. The molecule has 1 atom stereocenters. The Labute approximate surface area is 108 Å². The van der Waals surface area contributed by atoms with Crippen LogP contribution < -0.4 is 5.32 Å². The van der Waals surface area contributed by atoms with Crippen molar-refractivity contribution in [2.45, 2.75) is 13.0 Å². The Morgan fingerprint density at radius 3 is 2.84 bits per heavy atom. The van der Waals surface area contributed by atoms with Gasteiger partial charge in [-0.25, -0.2) is 4.39 Å². The number of nitrogens with zero attached hydrogens (tertiary/aromatic N) is 3. The quantitative estimate of drug-likeness (QED) is 0.676. The number of nitro groups is 1. The van der Waals surface area contributed by atoms with E-state index in [2.05, 4.69) is 15.3 Å². The van der Waals surface area contributed by atoms with Crippen molar-refractivity contribution in [2.75, 3.05) is 5.32 Å². The highest BCUT2D eigenvalue weighted by molar-refractivity contribution is 5.62. The first-order valence-electron chi connectivity index (χ1n) is 5.54. The summed E-state index contributed by atoms with van der Waals surface area (Å²) in [7, 11) is 0. The van der Waals surface area contributed by atoms with E-state index < -0.39 is 10.7 Å². The molecule has 98 valence electrons. The molecule has 0 bridgehead atoms. The number of hydrogen-bond acceptors (Lipinski definition) is 5. The van der Waals surface area contributed by atoms with Crippen LogP contribution in [-0.2, 0) is 0 Å². The average molecular weight is 262 g/mol. The minimum Gasteiger partial charge on any atom is -0.371 e. The Bertz CT molecular complexity index is 592. The van der Waals surface area contributed by atoms with E-state index in [1.807, 2.05) is 0 Å². The summed E-state index contributed by atoms with van der Waals surface area (Å²) >= 11 is 0. The fraction of sp³-hybridized carbons (Fsp3) is 0.167. The molecule has 2 rings (SSSR count). The zero-order valence-electron chi connectivity index (χ0n) is 10.1. The van der Waals surface area contributed by atoms with Crippen molar-refractivity contribution in [2.24, 2.45) is 0 Å². The second-order valence-electron chi connectivity index (χ2n) is 3.91. The number of benzene rings is 1. The molecule has 1 heterocycles. The molecular weight excluding hydrogens is 251 g/mol. The first-order chi connectivity index (χ1) is 9.08. The number of halogens is 1. The highest BCUT2D eigenvalue weighted by Gasteiger charge is 2.17. The first-order valence-corrected chi connectivity index (χ1v) is 5.54. The molecule has 0 saturated heterocycles. The van der Waals surface area contributed by atoms with Crippen molar-refractivity contribution in [3.63, 3.8) is 0 Å². The minimum atomic E-state index is -0.564. The number of aromatic nitrogens is 2. The molecule has 0 aliphatic heterocycles. The number of rotatable bonds is 4. The monoisotopic (exact) mass is 262 g/mol. The minimum absolute atomic E-state index is 0.114. The van der Waals surface area contributed by atoms with Gasteiger partial charge in [0, 0.05) is 24.5 Å². The van der Waals surface area contributed by atoms with Gasteiger partial charge in [0.25, 0.3) is 5.69 Å². The SMILES string of the molecule is CC(Nc1cc(F)ccc1[N+](=O)[O-])c1cnccn1. The summed E-state index contributed by atoms with van der Waals surface area (Å²) in [6.07, 6.45) is 4.59. The smallest absolute Gasteiger partial charge is 0.292 e. The Morgan fingerprint density at radius 2 is 2.21 bits per heavy atom. The van der Waals surface area contributed by atoms with Crippen molar-refractivity contribution in [3.8, 4) is 0 Å². The van der Waals surface area contributed by atoms with E-state index in [0.29, 0.717) is 5.69 Å². The lowest BCUT2D eigenvalue weighted by molar-refractivity contribution is -0.384. The van der Waals surface area contributed by atoms with Gasteiger partial charge in [-0.15, -0.1) is 0 Å². The molecule has 0 aliphatic rings. The van der Waals surface area contributed by atoms with Crippen LogP contribution in [0.5, 0.6) is 0 Å². The molecule has 1 aromatic heterocycles. The summed E-state index contributed by atoms with van der Waals surface area (Å²) in [5.41, 5.74) is 0.543. The lowest BCUT2D eigenvalue weighted by Crippen LogP contribution is -2.10. The van der Waals surface area contributed by atoms with E-state index in [1.165, 1.54) is 12.4 Å². The van der Waals surface area contributed by atoms with Crippen LogP contribution in [0.3, 0.4) is 0 Å². The number of anilines is 1. The van der Waals surface area contributed by atoms with Crippen molar-refractivity contribution >= 4 is 11.4 Å². The molecule has 0 aliphatic carbocycles. The van der Waals surface area contributed by atoms with E-state index in [1.54, 1.807) is 13.1 Å². The molecular formula is C12H11FN4O2. The molecule has 19 heavy (non-hydrogen) atoms. The van der Waals surface area contributed by atoms with Crippen LogP contribution in [0.25, 0.3) is 0 Å². The van der Waals surface area contributed by atoms with Crippen molar-refractivity contribution < 1.29 is 9.31 Å². The molecule has 1 N–H and O–H groups in total. The number of hydrogen-bond donors (Lipinski definition) is 1. The van der Waals surface area contributed by atoms with Gasteiger partial charge in [-0.3, -0.25) is 20.1 Å². The molecule has 0 spiro atoms. The molecule has 0 saturated carbocycles. The lowest BCUT2D eigenvalue weighted by atomic mass is 10.2. The molecule has 6 nitrogen and oxygen atoms in total. The molecule has 2 aromatic rings. The summed E-state index contributed by atoms with van der Waals surface area (Å²) < 4.78 is 13.2. The van der Waals surface area contributed by atoms with Gasteiger partial charge in [0.05, 0.1) is 22.9 Å². The van der Waals surface area contributed by atoms with Crippen LogP contribution in [0.15, 0.2) is 36.8 Å². The summed E-state index contributed by atoms with van der Waals surface area (Å²) in [4.78, 5) is 18.3. The van der Waals surface area contributed by atoms with Gasteiger partial charge in [0.2, 0.25) is 0 Å². The van der Waals surface area contributed by atoms with Crippen molar-refractivity contribution in [3.05, 3.63) is 58.4 Å². The third-order valence-electron chi connectivity index (χ3n) is 2.55. The van der Waals surface area contributed by atoms with Crippen molar-refractivity contribution in [1.82, 2.24) is 9.97 Å². The second-order valence-corrected chi connectivity index (χ2v) is 3.91. The summed E-state index contributed by atoms with van der Waals surface area (Å²) in [6.45, 7) is 1.76. The largest absolute Gasteiger partial charge is 0.371 e. The topological polar surface area (TPSA) is 81.0 Å². The Hall–Kier alpha value is -2.57. The van der Waals surface area contributed by atoms with E-state index in [9.17, 15) is 14.5 Å². The van der Waals surface area contributed by atoms with Crippen LogP contribution in [0.1, 0.15) is 18.7 Å². The van der Waals surface area contributed by atoms with Crippen LogP contribution >= 0.6 is 0 Å². The van der Waals surface area contributed by atoms with Crippen LogP contribution in [0.4, 0.5) is 15.8 Å². The van der Waals surface area contributed by atoms with Crippen LogP contribution in [0.2, 0.25) is 0 Å². The normalized spacial score (nSPS) is 11.9. The van der Waals surface area contributed by atoms with Gasteiger partial charge in [0.1, 0.15) is 11.5 Å². The fourth-order valence-corrected chi connectivity index (χ4v) is 1.62. The zero-order valence-corrected chi connectivity index (χ0v) is 10.1. The maximum atomic E-state index is 13.2. The maximum absolute atomic E-state index is 13.2. The van der Waals surface area contributed by atoms with Gasteiger partial charge < -0.3 is 5.32 Å². The number of nitro benzene ring substituents is 1. The standard InChI is InChI=1S/C12H11FN4O2/c1-8(11-7-14-4-5-15-11)16-10-6-9(13)2-3-12(10)17(18)19/h2-8,16H,1H3. The highest BCUT2D eigenvalue weighted by atomic mass is 19.1. The van der Waals surface area contributed by atoms with Gasteiger partial charge in [-0.2, -0.15) is 0 Å². The zero-order chi connectivity index (χ0) is 13.8. The fourth-order valence-electron chi connectivity index (χ4n) is 1.62. The molecule has 1 aromatic carbocycles. The van der Waals surface area contributed by atoms with Crippen LogP contribution in [-0.4, -0.2) is 14.9 Å². The summed E-state index contributed by atoms with van der Waals surface area (Å²) in [5, 5.41) is 13.7. The lowest BCUT2D eigenvalue weighted by Gasteiger charge is -2.14. The van der Waals surface area contributed by atoms with E-state index in [0.717, 1.165) is 18.2 Å². The van der Waals surface area contributed by atoms with E-state index in [4.69, 9.17) is 0 Å². The Kier molecular flexibility index (Phi) is 3.65. The molecule has 0 fully saturated rings. The highest BCUT2D eigenvalue weighted by Crippen LogP contribution is 2.28. The average Bonchev–Trinajstić information content (AvgIpc) is 2.39. The molecule has 7 heteroatoms. The second kappa shape index (κ2) is 5.38. The van der Waals surface area contributed by atoms with Gasteiger partial charge >= 0.3 is 0 Å². The third kappa shape index (κ3) is 3.01. The molecule has 0 amide bonds. The molecule has 0 radical (unpaired) electrons. The first kappa shape index (κ1) is 12.9. The van der Waals surface area contributed by atoms with Gasteiger partial charge in [-0.1, -0.05) is 0 Å². The summed E-state index contributed by atoms with van der Waals surface area (Å²) in [6, 6.07) is 2.94.